The van der Waals surface area contributed by atoms with E-state index in [0.29, 0.717) is 12.6 Å². The topological polar surface area (TPSA) is 61.4 Å². The van der Waals surface area contributed by atoms with E-state index >= 15 is 0 Å². The molecular formula is C12H23N3O2. The number of likely N-dealkylation sites (tertiary alicyclic amines) is 1. The molecule has 0 aliphatic carbocycles. The average molecular weight is 241 g/mol. The fourth-order valence-corrected chi connectivity index (χ4v) is 2.16. The number of carbonyl (C=O) groups excluding carboxylic acids is 2. The van der Waals surface area contributed by atoms with Crippen LogP contribution in [0.15, 0.2) is 0 Å². The summed E-state index contributed by atoms with van der Waals surface area (Å²) in [5.74, 6) is -1.07. The first-order valence-electron chi connectivity index (χ1n) is 6.37. The molecule has 1 aliphatic rings. The Morgan fingerprint density at radius 2 is 2.06 bits per heavy atom. The van der Waals surface area contributed by atoms with Crippen LogP contribution in [0, 0.1) is 0 Å². The number of likely N-dealkylation sites (N-methyl/N-ethyl adjacent to an activating group) is 1. The Balaban J connectivity index is 2.30. The van der Waals surface area contributed by atoms with Gasteiger partial charge in [-0.25, -0.2) is 0 Å². The molecule has 0 unspecified atom stereocenters. The van der Waals surface area contributed by atoms with Crippen molar-refractivity contribution in [3.63, 3.8) is 0 Å². The largest absolute Gasteiger partial charge is 0.346 e. The minimum absolute atomic E-state index is 0.00753. The van der Waals surface area contributed by atoms with Crippen LogP contribution in [0.3, 0.4) is 0 Å². The lowest BCUT2D eigenvalue weighted by Crippen LogP contribution is -2.46. The molecule has 1 aliphatic heterocycles. The highest BCUT2D eigenvalue weighted by Crippen LogP contribution is 2.15. The second-order valence-electron chi connectivity index (χ2n) is 4.76. The molecule has 0 bridgehead atoms. The van der Waals surface area contributed by atoms with Crippen LogP contribution < -0.4 is 10.6 Å². The second kappa shape index (κ2) is 6.59. The highest BCUT2D eigenvalue weighted by Gasteiger charge is 2.24. The fraction of sp³-hybridized carbons (Fsp3) is 0.833. The smallest absolute Gasteiger partial charge is 0.309 e. The van der Waals surface area contributed by atoms with E-state index in [4.69, 9.17) is 0 Å². The first-order valence-corrected chi connectivity index (χ1v) is 6.37. The molecule has 1 rings (SSSR count). The van der Waals surface area contributed by atoms with Gasteiger partial charge in [0.1, 0.15) is 0 Å². The van der Waals surface area contributed by atoms with Crippen molar-refractivity contribution in [3.8, 4) is 0 Å². The highest BCUT2D eigenvalue weighted by atomic mass is 16.2. The molecule has 0 aromatic carbocycles. The third-order valence-corrected chi connectivity index (χ3v) is 3.03. The van der Waals surface area contributed by atoms with Crippen molar-refractivity contribution in [2.24, 2.45) is 0 Å². The minimum Gasteiger partial charge on any atom is -0.346 e. The van der Waals surface area contributed by atoms with E-state index in [2.05, 4.69) is 22.5 Å². The Bertz CT molecular complexity index is 279. The lowest BCUT2D eigenvalue weighted by atomic mass is 10.2. The van der Waals surface area contributed by atoms with Crippen LogP contribution in [0.2, 0.25) is 0 Å². The lowest BCUT2D eigenvalue weighted by Gasteiger charge is -2.22. The number of nitrogens with zero attached hydrogens (tertiary/aromatic N) is 1. The van der Waals surface area contributed by atoms with Crippen LogP contribution in [0.25, 0.3) is 0 Å². The van der Waals surface area contributed by atoms with Gasteiger partial charge < -0.3 is 10.6 Å². The molecule has 1 heterocycles. The van der Waals surface area contributed by atoms with E-state index in [0.717, 1.165) is 19.5 Å². The molecule has 2 N–H and O–H groups in total. The first kappa shape index (κ1) is 14.0. The monoisotopic (exact) mass is 241 g/mol. The average Bonchev–Trinajstić information content (AvgIpc) is 2.72. The Morgan fingerprint density at radius 1 is 1.35 bits per heavy atom. The van der Waals surface area contributed by atoms with Crippen molar-refractivity contribution < 1.29 is 9.59 Å². The van der Waals surface area contributed by atoms with E-state index in [9.17, 15) is 9.59 Å². The van der Waals surface area contributed by atoms with Gasteiger partial charge in [-0.05, 0) is 39.8 Å². The predicted octanol–water partition coefficient (Wildman–Crippen LogP) is 0.112. The molecule has 0 saturated carbocycles. The zero-order valence-corrected chi connectivity index (χ0v) is 11.0. The van der Waals surface area contributed by atoms with Crippen molar-refractivity contribution in [2.75, 3.05) is 19.6 Å². The maximum absolute atomic E-state index is 11.5. The maximum atomic E-state index is 11.5. The van der Waals surface area contributed by atoms with Crippen molar-refractivity contribution in [3.05, 3.63) is 0 Å². The molecule has 0 spiro atoms. The van der Waals surface area contributed by atoms with Gasteiger partial charge in [0, 0.05) is 18.6 Å². The van der Waals surface area contributed by atoms with Crippen molar-refractivity contribution >= 4 is 11.8 Å². The standard InChI is InChI=1S/C12H23N3O2/c1-4-15-7-5-6-10(15)8-13-11(16)12(17)14-9(2)3/h9-10H,4-8H2,1-3H3,(H,13,16)(H,14,17)/t10-/m1/s1. The van der Waals surface area contributed by atoms with Crippen LogP contribution in [0.4, 0.5) is 0 Å². The highest BCUT2D eigenvalue weighted by molar-refractivity contribution is 6.35. The van der Waals surface area contributed by atoms with Gasteiger partial charge in [0.2, 0.25) is 0 Å². The van der Waals surface area contributed by atoms with Crippen LogP contribution in [0.5, 0.6) is 0 Å². The first-order chi connectivity index (χ1) is 8.04. The maximum Gasteiger partial charge on any atom is 0.309 e. The summed E-state index contributed by atoms with van der Waals surface area (Å²) >= 11 is 0. The number of nitrogens with one attached hydrogen (secondary N) is 2. The summed E-state index contributed by atoms with van der Waals surface area (Å²) in [7, 11) is 0. The van der Waals surface area contributed by atoms with Gasteiger partial charge in [0.15, 0.2) is 0 Å². The molecule has 98 valence electrons. The third-order valence-electron chi connectivity index (χ3n) is 3.03. The number of hydrogen-bond acceptors (Lipinski definition) is 3. The van der Waals surface area contributed by atoms with Gasteiger partial charge in [-0.3, -0.25) is 14.5 Å². The number of carbonyl (C=O) groups is 2. The predicted molar refractivity (Wildman–Crippen MR) is 66.6 cm³/mol. The van der Waals surface area contributed by atoms with Gasteiger partial charge in [0.05, 0.1) is 0 Å². The van der Waals surface area contributed by atoms with Gasteiger partial charge >= 0.3 is 11.8 Å². The Hall–Kier alpha value is -1.10. The molecule has 17 heavy (non-hydrogen) atoms. The molecule has 5 nitrogen and oxygen atoms in total. The molecule has 2 amide bonds. The van der Waals surface area contributed by atoms with Crippen molar-refractivity contribution in [1.29, 1.82) is 0 Å². The molecule has 1 fully saturated rings. The Labute approximate surface area is 103 Å². The van der Waals surface area contributed by atoms with Crippen LogP contribution in [-0.4, -0.2) is 48.4 Å². The molecule has 1 atom stereocenters. The molecule has 0 radical (unpaired) electrons. The third kappa shape index (κ3) is 4.34. The summed E-state index contributed by atoms with van der Waals surface area (Å²) in [6.07, 6.45) is 2.27. The van der Waals surface area contributed by atoms with E-state index in [1.807, 2.05) is 13.8 Å². The fourth-order valence-electron chi connectivity index (χ4n) is 2.16. The quantitative estimate of drug-likeness (QED) is 0.687. The lowest BCUT2D eigenvalue weighted by molar-refractivity contribution is -0.139. The summed E-state index contributed by atoms with van der Waals surface area (Å²) in [5, 5.41) is 5.28. The second-order valence-corrected chi connectivity index (χ2v) is 4.76. The van der Waals surface area contributed by atoms with Gasteiger partial charge in [-0.2, -0.15) is 0 Å². The molecule has 5 heteroatoms. The summed E-state index contributed by atoms with van der Waals surface area (Å²) in [6, 6.07) is 0.377. The number of amides is 2. The van der Waals surface area contributed by atoms with Crippen LogP contribution in [0.1, 0.15) is 33.6 Å². The minimum atomic E-state index is -0.541. The van der Waals surface area contributed by atoms with E-state index in [-0.39, 0.29) is 6.04 Å². The summed E-state index contributed by atoms with van der Waals surface area (Å²) in [5.41, 5.74) is 0. The Morgan fingerprint density at radius 3 is 2.65 bits per heavy atom. The summed E-state index contributed by atoms with van der Waals surface area (Å²) in [6.45, 7) is 8.44. The van der Waals surface area contributed by atoms with E-state index < -0.39 is 11.8 Å². The summed E-state index contributed by atoms with van der Waals surface area (Å²) < 4.78 is 0. The number of rotatable bonds is 4. The van der Waals surface area contributed by atoms with Crippen molar-refractivity contribution in [2.45, 2.75) is 45.7 Å². The van der Waals surface area contributed by atoms with Crippen LogP contribution >= 0.6 is 0 Å². The molecular weight excluding hydrogens is 218 g/mol. The van der Waals surface area contributed by atoms with E-state index in [1.54, 1.807) is 0 Å². The zero-order valence-electron chi connectivity index (χ0n) is 11.0. The normalized spacial score (nSPS) is 20.6. The molecule has 0 aromatic heterocycles. The Kier molecular flexibility index (Phi) is 5.41. The SMILES string of the molecule is CCN1CCC[C@@H]1CNC(=O)C(=O)NC(C)C. The van der Waals surface area contributed by atoms with Gasteiger partial charge in [-0.1, -0.05) is 6.92 Å². The van der Waals surface area contributed by atoms with Gasteiger partial charge in [-0.15, -0.1) is 0 Å². The van der Waals surface area contributed by atoms with Crippen LogP contribution in [-0.2, 0) is 9.59 Å². The van der Waals surface area contributed by atoms with Gasteiger partial charge in [0.25, 0.3) is 0 Å². The molecule has 1 saturated heterocycles. The van der Waals surface area contributed by atoms with E-state index in [1.165, 1.54) is 6.42 Å². The van der Waals surface area contributed by atoms with Crippen molar-refractivity contribution in [1.82, 2.24) is 15.5 Å². The molecule has 0 aromatic rings. The summed E-state index contributed by atoms with van der Waals surface area (Å²) in [4.78, 5) is 25.2. The number of hydrogen-bond donors (Lipinski definition) is 2. The zero-order chi connectivity index (χ0) is 12.8.